The molecule has 0 aliphatic heterocycles. The lowest BCUT2D eigenvalue weighted by Crippen LogP contribution is -2.40. The SMILES string of the molecule is C[C@@]1(c2ccccc2)C[C@@H](N)Cc2ccccc21. The van der Waals surface area contributed by atoms with E-state index in [2.05, 4.69) is 61.5 Å². The van der Waals surface area contributed by atoms with Gasteiger partial charge in [-0.1, -0.05) is 61.5 Å². The van der Waals surface area contributed by atoms with Crippen LogP contribution in [-0.2, 0) is 11.8 Å². The van der Waals surface area contributed by atoms with Gasteiger partial charge in [0.1, 0.15) is 0 Å². The molecule has 2 aromatic rings. The fourth-order valence-electron chi connectivity index (χ4n) is 3.30. The molecule has 0 heterocycles. The van der Waals surface area contributed by atoms with Crippen LogP contribution in [0, 0.1) is 0 Å². The van der Waals surface area contributed by atoms with Gasteiger partial charge in [-0.05, 0) is 29.5 Å². The summed E-state index contributed by atoms with van der Waals surface area (Å²) in [6.45, 7) is 2.32. The van der Waals surface area contributed by atoms with E-state index in [1.807, 2.05) is 0 Å². The van der Waals surface area contributed by atoms with Crippen LogP contribution in [-0.4, -0.2) is 6.04 Å². The second-order valence-electron chi connectivity index (χ2n) is 5.52. The molecule has 1 aliphatic rings. The maximum atomic E-state index is 6.26. The highest BCUT2D eigenvalue weighted by atomic mass is 14.7. The van der Waals surface area contributed by atoms with E-state index in [0.29, 0.717) is 0 Å². The Balaban J connectivity index is 2.17. The fraction of sp³-hybridized carbons (Fsp3) is 0.294. The largest absolute Gasteiger partial charge is 0.327 e. The van der Waals surface area contributed by atoms with E-state index in [9.17, 15) is 0 Å². The van der Waals surface area contributed by atoms with Gasteiger partial charge in [-0.25, -0.2) is 0 Å². The summed E-state index contributed by atoms with van der Waals surface area (Å²) < 4.78 is 0. The molecule has 2 N–H and O–H groups in total. The summed E-state index contributed by atoms with van der Waals surface area (Å²) in [7, 11) is 0. The third-order valence-electron chi connectivity index (χ3n) is 4.18. The number of benzene rings is 2. The van der Waals surface area contributed by atoms with E-state index in [1.54, 1.807) is 0 Å². The molecule has 0 fully saturated rings. The minimum absolute atomic E-state index is 0.0511. The summed E-state index contributed by atoms with van der Waals surface area (Å²) in [5.41, 5.74) is 10.5. The zero-order valence-electron chi connectivity index (χ0n) is 10.8. The number of hydrogen-bond acceptors (Lipinski definition) is 1. The third-order valence-corrected chi connectivity index (χ3v) is 4.18. The summed E-state index contributed by atoms with van der Waals surface area (Å²) in [6, 6.07) is 19.7. The van der Waals surface area contributed by atoms with Crippen LogP contribution in [0.1, 0.15) is 30.0 Å². The molecule has 92 valence electrons. The van der Waals surface area contributed by atoms with Crippen LogP contribution < -0.4 is 5.73 Å². The first-order valence-electron chi connectivity index (χ1n) is 6.59. The average Bonchev–Trinajstić information content (AvgIpc) is 2.39. The highest BCUT2D eigenvalue weighted by molar-refractivity contribution is 5.45. The molecule has 1 nitrogen and oxygen atoms in total. The molecule has 0 amide bonds. The van der Waals surface area contributed by atoms with Gasteiger partial charge in [-0.15, -0.1) is 0 Å². The van der Waals surface area contributed by atoms with Crippen molar-refractivity contribution in [2.45, 2.75) is 31.2 Å². The monoisotopic (exact) mass is 237 g/mol. The summed E-state index contributed by atoms with van der Waals surface area (Å²) in [5.74, 6) is 0. The van der Waals surface area contributed by atoms with Gasteiger partial charge in [0.15, 0.2) is 0 Å². The maximum Gasteiger partial charge on any atom is 0.0192 e. The highest BCUT2D eigenvalue weighted by Gasteiger charge is 2.36. The summed E-state index contributed by atoms with van der Waals surface area (Å²) in [6.07, 6.45) is 2.02. The minimum Gasteiger partial charge on any atom is -0.327 e. The maximum absolute atomic E-state index is 6.26. The molecule has 1 heteroatoms. The van der Waals surface area contributed by atoms with Crippen LogP contribution in [0.5, 0.6) is 0 Å². The average molecular weight is 237 g/mol. The van der Waals surface area contributed by atoms with Crippen molar-refractivity contribution in [1.82, 2.24) is 0 Å². The van der Waals surface area contributed by atoms with Crippen LogP contribution >= 0.6 is 0 Å². The third kappa shape index (κ3) is 1.75. The van der Waals surface area contributed by atoms with Crippen molar-refractivity contribution in [3.8, 4) is 0 Å². The molecule has 0 spiro atoms. The Hall–Kier alpha value is -1.60. The Kier molecular flexibility index (Phi) is 2.71. The lowest BCUT2D eigenvalue weighted by Gasteiger charge is -2.39. The van der Waals surface area contributed by atoms with Crippen molar-refractivity contribution in [3.63, 3.8) is 0 Å². The predicted molar refractivity (Wildman–Crippen MR) is 75.6 cm³/mol. The molecule has 2 aromatic carbocycles. The van der Waals surface area contributed by atoms with Crippen LogP contribution in [0.15, 0.2) is 54.6 Å². The highest BCUT2D eigenvalue weighted by Crippen LogP contribution is 2.41. The lowest BCUT2D eigenvalue weighted by atomic mass is 9.66. The normalized spacial score (nSPS) is 26.7. The predicted octanol–water partition coefficient (Wildman–Crippen LogP) is 3.27. The van der Waals surface area contributed by atoms with Crippen molar-refractivity contribution in [2.75, 3.05) is 0 Å². The molecular weight excluding hydrogens is 218 g/mol. The first-order valence-corrected chi connectivity index (χ1v) is 6.59. The Morgan fingerprint density at radius 3 is 2.44 bits per heavy atom. The van der Waals surface area contributed by atoms with Gasteiger partial charge in [-0.2, -0.15) is 0 Å². The van der Waals surface area contributed by atoms with Crippen LogP contribution in [0.2, 0.25) is 0 Å². The molecular formula is C17H19N. The number of rotatable bonds is 1. The smallest absolute Gasteiger partial charge is 0.0192 e. The van der Waals surface area contributed by atoms with Gasteiger partial charge < -0.3 is 5.73 Å². The fourth-order valence-corrected chi connectivity index (χ4v) is 3.30. The minimum atomic E-state index is 0.0511. The van der Waals surface area contributed by atoms with E-state index < -0.39 is 0 Å². The Morgan fingerprint density at radius 2 is 1.67 bits per heavy atom. The van der Waals surface area contributed by atoms with Gasteiger partial charge in [0.2, 0.25) is 0 Å². The van der Waals surface area contributed by atoms with E-state index in [-0.39, 0.29) is 11.5 Å². The first kappa shape index (κ1) is 11.5. The Labute approximate surface area is 109 Å². The molecule has 0 radical (unpaired) electrons. The van der Waals surface area contributed by atoms with E-state index in [1.165, 1.54) is 16.7 Å². The Morgan fingerprint density at radius 1 is 1.00 bits per heavy atom. The summed E-state index contributed by atoms with van der Waals surface area (Å²) >= 11 is 0. The second-order valence-corrected chi connectivity index (χ2v) is 5.52. The van der Waals surface area contributed by atoms with Gasteiger partial charge in [0, 0.05) is 11.5 Å². The van der Waals surface area contributed by atoms with Crippen LogP contribution in [0.3, 0.4) is 0 Å². The molecule has 0 saturated carbocycles. The van der Waals surface area contributed by atoms with Gasteiger partial charge in [0.05, 0.1) is 0 Å². The topological polar surface area (TPSA) is 26.0 Å². The first-order chi connectivity index (χ1) is 8.70. The molecule has 1 aliphatic carbocycles. The van der Waals surface area contributed by atoms with Crippen molar-refractivity contribution in [2.24, 2.45) is 5.73 Å². The van der Waals surface area contributed by atoms with Crippen molar-refractivity contribution < 1.29 is 0 Å². The molecule has 3 rings (SSSR count). The zero-order valence-corrected chi connectivity index (χ0v) is 10.8. The summed E-state index contributed by atoms with van der Waals surface area (Å²) in [4.78, 5) is 0. The molecule has 2 atom stereocenters. The van der Waals surface area contributed by atoms with Crippen molar-refractivity contribution in [3.05, 3.63) is 71.3 Å². The number of fused-ring (bicyclic) bond motifs is 1. The molecule has 0 saturated heterocycles. The lowest BCUT2D eigenvalue weighted by molar-refractivity contribution is 0.418. The quantitative estimate of drug-likeness (QED) is 0.809. The second kappa shape index (κ2) is 4.25. The molecule has 0 bridgehead atoms. The standard InChI is InChI=1S/C17H19N/c1-17(14-8-3-2-4-9-14)12-15(18)11-13-7-5-6-10-16(13)17/h2-10,15H,11-12,18H2,1H3/t15-,17-/m0/s1. The summed E-state index contributed by atoms with van der Waals surface area (Å²) in [5, 5.41) is 0. The molecule has 0 unspecified atom stereocenters. The van der Waals surface area contributed by atoms with Crippen molar-refractivity contribution >= 4 is 0 Å². The number of hydrogen-bond donors (Lipinski definition) is 1. The Bertz CT molecular complexity index is 547. The number of nitrogens with two attached hydrogens (primary N) is 1. The van der Waals surface area contributed by atoms with Gasteiger partial charge >= 0.3 is 0 Å². The van der Waals surface area contributed by atoms with E-state index in [4.69, 9.17) is 5.73 Å². The van der Waals surface area contributed by atoms with Gasteiger partial charge in [-0.3, -0.25) is 0 Å². The van der Waals surface area contributed by atoms with Crippen LogP contribution in [0.25, 0.3) is 0 Å². The van der Waals surface area contributed by atoms with Crippen molar-refractivity contribution in [1.29, 1.82) is 0 Å². The molecule has 0 aromatic heterocycles. The van der Waals surface area contributed by atoms with Gasteiger partial charge in [0.25, 0.3) is 0 Å². The van der Waals surface area contributed by atoms with E-state index in [0.717, 1.165) is 12.8 Å². The van der Waals surface area contributed by atoms with Crippen LogP contribution in [0.4, 0.5) is 0 Å². The molecule has 18 heavy (non-hydrogen) atoms. The zero-order chi connectivity index (χ0) is 12.6. The van der Waals surface area contributed by atoms with E-state index >= 15 is 0 Å².